The van der Waals surface area contributed by atoms with Gasteiger partial charge in [0.15, 0.2) is 17.7 Å². The van der Waals surface area contributed by atoms with E-state index in [1.807, 2.05) is 13.8 Å². The normalized spacial score (nSPS) is 23.6. The minimum atomic E-state index is -0.774. The Hall–Kier alpha value is -3.11. The molecule has 2 aliphatic rings. The number of fused-ring (bicyclic) bond motifs is 2. The third kappa shape index (κ3) is 4.01. The Morgan fingerprint density at radius 2 is 2.09 bits per heavy atom. The van der Waals surface area contributed by atoms with Crippen molar-refractivity contribution in [2.75, 3.05) is 25.1 Å². The topological polar surface area (TPSA) is 179 Å². The Labute approximate surface area is 194 Å². The minimum absolute atomic E-state index is 0.0868. The predicted molar refractivity (Wildman–Crippen MR) is 121 cm³/mol. The molecule has 3 aromatic heterocycles. The Morgan fingerprint density at radius 3 is 2.88 bits per heavy atom. The van der Waals surface area contributed by atoms with Gasteiger partial charge in [-0.2, -0.15) is 4.98 Å². The highest BCUT2D eigenvalue weighted by Crippen LogP contribution is 2.41. The van der Waals surface area contributed by atoms with Crippen molar-refractivity contribution < 1.29 is 18.9 Å². The van der Waals surface area contributed by atoms with Crippen LogP contribution in [0.1, 0.15) is 25.6 Å². The van der Waals surface area contributed by atoms with Gasteiger partial charge in [-0.05, 0) is 13.8 Å². The van der Waals surface area contributed by atoms with E-state index in [0.717, 1.165) is 0 Å². The zero-order valence-corrected chi connectivity index (χ0v) is 19.0. The van der Waals surface area contributed by atoms with Gasteiger partial charge in [0.05, 0.1) is 12.3 Å². The van der Waals surface area contributed by atoms with E-state index in [2.05, 4.69) is 25.3 Å². The van der Waals surface area contributed by atoms with E-state index in [9.17, 15) is 4.79 Å². The summed E-state index contributed by atoms with van der Waals surface area (Å²) in [6.07, 6.45) is 4.11. The van der Waals surface area contributed by atoms with Crippen LogP contribution in [0.25, 0.3) is 11.2 Å². The summed E-state index contributed by atoms with van der Waals surface area (Å²) in [5, 5.41) is 3.32. The summed E-state index contributed by atoms with van der Waals surface area (Å²) in [6.45, 7) is 4.29. The molecular formula is C19H26BN9O5. The molecule has 0 saturated carbocycles. The number of aromatic nitrogens is 6. The molecule has 34 heavy (non-hydrogen) atoms. The summed E-state index contributed by atoms with van der Waals surface area (Å²) in [6, 6.07) is -0.724. The van der Waals surface area contributed by atoms with Crippen LogP contribution < -0.4 is 22.5 Å². The van der Waals surface area contributed by atoms with Gasteiger partial charge < -0.3 is 35.6 Å². The molecule has 0 bridgehead atoms. The van der Waals surface area contributed by atoms with Crippen LogP contribution in [0.4, 0.5) is 11.6 Å². The minimum Gasteiger partial charge on any atom is -0.404 e. The van der Waals surface area contributed by atoms with E-state index in [1.54, 1.807) is 17.1 Å². The molecule has 0 radical (unpaired) electrons. The van der Waals surface area contributed by atoms with Crippen LogP contribution in [0, 0.1) is 0 Å². The largest absolute Gasteiger partial charge is 0.404 e. The van der Waals surface area contributed by atoms with E-state index in [4.69, 9.17) is 30.3 Å². The molecule has 0 aliphatic carbocycles. The van der Waals surface area contributed by atoms with Crippen molar-refractivity contribution in [1.29, 1.82) is 0 Å². The summed E-state index contributed by atoms with van der Waals surface area (Å²) in [4.78, 5) is 28.4. The maximum absolute atomic E-state index is 11.9. The molecule has 5 N–H and O–H groups in total. The molecule has 3 atom stereocenters. The van der Waals surface area contributed by atoms with E-state index < -0.39 is 17.7 Å². The average molecular weight is 471 g/mol. The highest BCUT2D eigenvalue weighted by atomic mass is 16.7. The molecule has 15 heteroatoms. The number of hydrogen-bond acceptors (Lipinski definition) is 12. The van der Waals surface area contributed by atoms with Crippen LogP contribution in [0.15, 0.2) is 23.6 Å². The van der Waals surface area contributed by atoms with Crippen molar-refractivity contribution in [3.05, 3.63) is 34.9 Å². The molecule has 0 spiro atoms. The molecule has 0 amide bonds. The monoisotopic (exact) mass is 471 g/mol. The standard InChI is InChI=1S/C19H26BN9O5/c1-19(2)33-13-17(29-8-26-12-15(22)24-7-25-16(12)29)32-11(20(13)34-19)5-23-4-10-6-28(9-31-3)18(30)27-14(10)21/h6-8,11,13,17,23H,4-5,9H2,1-3H3,(H2,21,27,30)(H2,22,24,25). The van der Waals surface area contributed by atoms with Crippen molar-refractivity contribution >= 4 is 29.7 Å². The molecule has 3 aromatic rings. The number of ether oxygens (including phenoxy) is 3. The first kappa shape index (κ1) is 22.7. The molecule has 2 fully saturated rings. The lowest BCUT2D eigenvalue weighted by atomic mass is 9.58. The zero-order valence-electron chi connectivity index (χ0n) is 19.0. The molecule has 3 unspecified atom stereocenters. The lowest BCUT2D eigenvalue weighted by molar-refractivity contribution is -0.173. The highest BCUT2D eigenvalue weighted by molar-refractivity contribution is 6.56. The number of imidazole rings is 1. The zero-order chi connectivity index (χ0) is 24.0. The van der Waals surface area contributed by atoms with Crippen LogP contribution in [0.5, 0.6) is 0 Å². The van der Waals surface area contributed by atoms with Gasteiger partial charge in [0.1, 0.15) is 36.2 Å². The van der Waals surface area contributed by atoms with Gasteiger partial charge in [0.2, 0.25) is 0 Å². The molecular weight excluding hydrogens is 445 g/mol. The molecule has 5 rings (SSSR count). The van der Waals surface area contributed by atoms with Crippen molar-refractivity contribution in [3.63, 3.8) is 0 Å². The Kier molecular flexibility index (Phi) is 5.73. The number of nitrogens with one attached hydrogen (secondary N) is 1. The second-order valence-electron chi connectivity index (χ2n) is 8.67. The number of hydrogen-bond donors (Lipinski definition) is 3. The summed E-state index contributed by atoms with van der Waals surface area (Å²) in [5.41, 5.74) is 13.1. The Balaban J connectivity index is 1.34. The summed E-state index contributed by atoms with van der Waals surface area (Å²) in [5.74, 6) is -0.317. The molecule has 0 aromatic carbocycles. The fourth-order valence-corrected chi connectivity index (χ4v) is 4.37. The van der Waals surface area contributed by atoms with Crippen LogP contribution in [0.3, 0.4) is 0 Å². The maximum Gasteiger partial charge on any atom is 0.361 e. The van der Waals surface area contributed by atoms with E-state index in [1.165, 1.54) is 18.0 Å². The Morgan fingerprint density at radius 1 is 1.26 bits per heavy atom. The lowest BCUT2D eigenvalue weighted by Crippen LogP contribution is -2.41. The van der Waals surface area contributed by atoms with Crippen LogP contribution >= 0.6 is 0 Å². The van der Waals surface area contributed by atoms with Crippen molar-refractivity contribution in [2.24, 2.45) is 0 Å². The maximum atomic E-state index is 11.9. The van der Waals surface area contributed by atoms with E-state index >= 15 is 0 Å². The number of rotatable bonds is 7. The molecule has 2 aliphatic heterocycles. The lowest BCUT2D eigenvalue weighted by Gasteiger charge is -2.26. The van der Waals surface area contributed by atoms with Crippen LogP contribution in [0.2, 0.25) is 0 Å². The van der Waals surface area contributed by atoms with E-state index in [0.29, 0.717) is 35.6 Å². The number of nitrogens with two attached hydrogens (primary N) is 2. The fraction of sp³-hybridized carbons (Fsp3) is 0.526. The SMILES string of the molecule is COCn1cc(CNCC2OC(n3cnc4c(N)ncnc43)C3OC(C)(C)OB23)c(N)nc1=O. The van der Waals surface area contributed by atoms with Gasteiger partial charge in [-0.1, -0.05) is 0 Å². The first-order chi connectivity index (χ1) is 16.3. The van der Waals surface area contributed by atoms with Gasteiger partial charge in [-0.3, -0.25) is 9.13 Å². The van der Waals surface area contributed by atoms with Gasteiger partial charge >= 0.3 is 12.6 Å². The number of methoxy groups -OCH3 is 1. The van der Waals surface area contributed by atoms with Gasteiger partial charge in [-0.15, -0.1) is 0 Å². The molecule has 180 valence electrons. The number of anilines is 2. The first-order valence-electron chi connectivity index (χ1n) is 10.8. The number of nitrogens with zero attached hydrogens (tertiary/aromatic N) is 6. The van der Waals surface area contributed by atoms with Gasteiger partial charge in [0.25, 0.3) is 0 Å². The summed E-state index contributed by atoms with van der Waals surface area (Å²) >= 11 is 0. The molecule has 5 heterocycles. The molecule has 14 nitrogen and oxygen atoms in total. The van der Waals surface area contributed by atoms with Gasteiger partial charge in [0, 0.05) is 32.0 Å². The van der Waals surface area contributed by atoms with Crippen LogP contribution in [-0.2, 0) is 32.1 Å². The third-order valence-corrected chi connectivity index (χ3v) is 5.82. The Bertz CT molecular complexity index is 1260. The second-order valence-corrected chi connectivity index (χ2v) is 8.67. The average Bonchev–Trinajstić information content (AvgIpc) is 3.43. The quantitative estimate of drug-likeness (QED) is 0.361. The third-order valence-electron chi connectivity index (χ3n) is 5.82. The molecule has 2 saturated heterocycles. The first-order valence-corrected chi connectivity index (χ1v) is 10.8. The van der Waals surface area contributed by atoms with Crippen molar-refractivity contribution in [1.82, 2.24) is 34.4 Å². The second kappa shape index (κ2) is 8.59. The van der Waals surface area contributed by atoms with Gasteiger partial charge in [-0.25, -0.2) is 19.7 Å². The highest BCUT2D eigenvalue weighted by Gasteiger charge is 2.59. The predicted octanol–water partition coefficient (Wildman–Crippen LogP) is -0.940. The summed E-state index contributed by atoms with van der Waals surface area (Å²) in [7, 11) is 1.50. The van der Waals surface area contributed by atoms with Crippen LogP contribution in [-0.4, -0.2) is 67.4 Å². The van der Waals surface area contributed by atoms with Crippen molar-refractivity contribution in [3.8, 4) is 0 Å². The fourth-order valence-electron chi connectivity index (χ4n) is 4.37. The number of nitrogen functional groups attached to an aromatic ring is 2. The summed E-state index contributed by atoms with van der Waals surface area (Å²) < 4.78 is 26.9. The van der Waals surface area contributed by atoms with Crippen molar-refractivity contribution in [2.45, 2.75) is 51.1 Å². The van der Waals surface area contributed by atoms with E-state index in [-0.39, 0.29) is 31.5 Å². The smallest absolute Gasteiger partial charge is 0.361 e.